The lowest BCUT2D eigenvalue weighted by molar-refractivity contribution is -0.162. The number of unbranched alkanes of at least 4 members (excludes halogenated alkanes) is 8. The largest absolute Gasteiger partial charge is 0.462 e. The molecule has 0 amide bonds. The number of carbonyl (C=O) groups is 2. The second-order valence-electron chi connectivity index (χ2n) is 16.3. The molecule has 0 N–H and O–H groups in total. The lowest BCUT2D eigenvalue weighted by Gasteiger charge is -2.18. The van der Waals surface area contributed by atoms with Crippen molar-refractivity contribution in [2.75, 3.05) is 19.8 Å². The molecule has 0 radical (unpaired) electrons. The highest BCUT2D eigenvalue weighted by atomic mass is 16.6. The second kappa shape index (κ2) is 54.9. The summed E-state index contributed by atoms with van der Waals surface area (Å²) in [6, 6.07) is 0. The van der Waals surface area contributed by atoms with Gasteiger partial charge in [-0.2, -0.15) is 0 Å². The molecular weight excluding hydrogens is 813 g/mol. The minimum atomic E-state index is -0.621. The van der Waals surface area contributed by atoms with Crippen molar-refractivity contribution in [2.45, 2.75) is 194 Å². The highest BCUT2D eigenvalue weighted by Crippen LogP contribution is 2.12. The van der Waals surface area contributed by atoms with Gasteiger partial charge in [0, 0.05) is 19.4 Å². The Hall–Kier alpha value is -4.48. The molecule has 5 nitrogen and oxygen atoms in total. The van der Waals surface area contributed by atoms with E-state index in [1.807, 2.05) is 6.08 Å². The van der Waals surface area contributed by atoms with Gasteiger partial charge in [0.15, 0.2) is 6.10 Å². The van der Waals surface area contributed by atoms with E-state index in [0.717, 1.165) is 122 Å². The summed E-state index contributed by atoms with van der Waals surface area (Å²) in [7, 11) is 0. The van der Waals surface area contributed by atoms with Gasteiger partial charge in [-0.3, -0.25) is 9.59 Å². The zero-order valence-electron chi connectivity index (χ0n) is 42.1. The first-order valence-corrected chi connectivity index (χ1v) is 26.0. The topological polar surface area (TPSA) is 61.8 Å². The molecule has 0 saturated carbocycles. The molecule has 0 aromatic rings. The van der Waals surface area contributed by atoms with Gasteiger partial charge >= 0.3 is 11.9 Å². The third kappa shape index (κ3) is 52.1. The molecule has 0 fully saturated rings. The number of rotatable bonds is 45. The molecule has 5 heteroatoms. The van der Waals surface area contributed by atoms with Gasteiger partial charge in [-0.05, 0) is 122 Å². The van der Waals surface area contributed by atoms with E-state index in [9.17, 15) is 9.59 Å². The fourth-order valence-electron chi connectivity index (χ4n) is 6.32. The maximum atomic E-state index is 12.8. The molecule has 0 aliphatic rings. The van der Waals surface area contributed by atoms with Crippen molar-refractivity contribution in [3.63, 3.8) is 0 Å². The fraction of sp³-hybridized carbons (Fsp3) is 0.541. The van der Waals surface area contributed by atoms with Crippen LogP contribution in [0.15, 0.2) is 158 Å². The highest BCUT2D eigenvalue weighted by Gasteiger charge is 2.17. The lowest BCUT2D eigenvalue weighted by Crippen LogP contribution is -2.30. The summed E-state index contributed by atoms with van der Waals surface area (Å²) in [6.45, 7) is 7.22. The van der Waals surface area contributed by atoms with Gasteiger partial charge in [0.25, 0.3) is 0 Å². The first-order chi connectivity index (χ1) is 32.6. The van der Waals surface area contributed by atoms with Crippen LogP contribution in [0.5, 0.6) is 0 Å². The molecular formula is C61H94O5. The Labute approximate surface area is 405 Å². The number of hydrogen-bond donors (Lipinski definition) is 0. The van der Waals surface area contributed by atoms with E-state index in [2.05, 4.69) is 173 Å². The third-order valence-corrected chi connectivity index (χ3v) is 10.1. The van der Waals surface area contributed by atoms with Crippen LogP contribution in [0, 0.1) is 0 Å². The quantitative estimate of drug-likeness (QED) is 0.0346. The maximum absolute atomic E-state index is 12.8. The Kier molecular flexibility index (Phi) is 51.1. The zero-order chi connectivity index (χ0) is 47.7. The average molecular weight is 907 g/mol. The van der Waals surface area contributed by atoms with E-state index in [1.54, 1.807) is 0 Å². The molecule has 0 aliphatic heterocycles. The van der Waals surface area contributed by atoms with E-state index >= 15 is 0 Å². The molecule has 368 valence electrons. The summed E-state index contributed by atoms with van der Waals surface area (Å²) in [5, 5.41) is 0. The predicted molar refractivity (Wildman–Crippen MR) is 288 cm³/mol. The number of allylic oxidation sites excluding steroid dienone is 26. The standard InChI is InChI=1S/C61H94O5/c1-4-7-10-13-16-19-22-25-27-29-30-31-33-35-38-41-44-47-50-53-56-64-57-59(66-61(63)55-52-49-46-43-40-36-24-21-18-15-12-9-6-3)58-65-60(62)54-51-48-45-42-39-37-34-32-28-26-23-20-17-14-11-8-5-2/h7-12,16-21,25-28,30-31,35-36,38,40,44,46-47,49,59H,4-6,13-15,22-24,29,32-34,37,39,41-43,45,48,50-58H2,1-3H3/b10-7-,11-8-,12-9-,19-16-,20-17-,21-18-,27-25-,28-26-,31-30-,38-35-,40-36-,47-44-,49-46-. The smallest absolute Gasteiger partial charge is 0.306 e. The molecule has 0 saturated heterocycles. The van der Waals surface area contributed by atoms with Gasteiger partial charge in [0.2, 0.25) is 0 Å². The van der Waals surface area contributed by atoms with Crippen molar-refractivity contribution in [2.24, 2.45) is 0 Å². The van der Waals surface area contributed by atoms with Gasteiger partial charge in [-0.1, -0.05) is 211 Å². The van der Waals surface area contributed by atoms with Crippen LogP contribution in [0.4, 0.5) is 0 Å². The van der Waals surface area contributed by atoms with Crippen molar-refractivity contribution >= 4 is 11.9 Å². The summed E-state index contributed by atoms with van der Waals surface area (Å²) < 4.78 is 17.3. The molecule has 66 heavy (non-hydrogen) atoms. The molecule has 0 rings (SSSR count). The average Bonchev–Trinajstić information content (AvgIpc) is 3.32. The van der Waals surface area contributed by atoms with Crippen LogP contribution in [-0.4, -0.2) is 37.9 Å². The Balaban J connectivity index is 4.49. The summed E-state index contributed by atoms with van der Waals surface area (Å²) >= 11 is 0. The normalized spacial score (nSPS) is 13.6. The van der Waals surface area contributed by atoms with Crippen molar-refractivity contribution in [1.82, 2.24) is 0 Å². The van der Waals surface area contributed by atoms with Gasteiger partial charge in [0.05, 0.1) is 6.61 Å². The Morgan fingerprint density at radius 3 is 1.08 bits per heavy atom. The van der Waals surface area contributed by atoms with E-state index in [0.29, 0.717) is 19.4 Å². The van der Waals surface area contributed by atoms with Crippen LogP contribution < -0.4 is 0 Å². The SMILES string of the molecule is CC/C=C\C/C=C\C/C=C\C/C=C\C/C=C\C/C=C\CCCOCC(COC(=O)CCCCCCCCC/C=C\C/C=C\C/C=C\CC)OC(=O)CC/C=C\C/C=C\C/C=C\C/C=C\CC. The van der Waals surface area contributed by atoms with Gasteiger partial charge in [-0.15, -0.1) is 0 Å². The molecule has 1 atom stereocenters. The van der Waals surface area contributed by atoms with Crippen molar-refractivity contribution < 1.29 is 23.8 Å². The van der Waals surface area contributed by atoms with Crippen LogP contribution in [-0.2, 0) is 23.8 Å². The minimum Gasteiger partial charge on any atom is -0.462 e. The Bertz CT molecular complexity index is 1490. The third-order valence-electron chi connectivity index (χ3n) is 10.1. The molecule has 0 bridgehead atoms. The number of carbonyl (C=O) groups excluding carboxylic acids is 2. The van der Waals surface area contributed by atoms with Crippen molar-refractivity contribution in [3.05, 3.63) is 158 Å². The van der Waals surface area contributed by atoms with Crippen LogP contribution in [0.25, 0.3) is 0 Å². The summed E-state index contributed by atoms with van der Waals surface area (Å²) in [5.41, 5.74) is 0. The first-order valence-electron chi connectivity index (χ1n) is 26.0. The monoisotopic (exact) mass is 907 g/mol. The summed E-state index contributed by atoms with van der Waals surface area (Å²) in [6.07, 6.45) is 81.4. The van der Waals surface area contributed by atoms with Gasteiger partial charge in [-0.25, -0.2) is 0 Å². The molecule has 1 unspecified atom stereocenters. The Morgan fingerprint density at radius 1 is 0.333 bits per heavy atom. The van der Waals surface area contributed by atoms with Gasteiger partial charge in [0.1, 0.15) is 6.61 Å². The fourth-order valence-corrected chi connectivity index (χ4v) is 6.32. The molecule has 0 heterocycles. The van der Waals surface area contributed by atoms with Crippen molar-refractivity contribution in [3.8, 4) is 0 Å². The predicted octanol–water partition coefficient (Wildman–Crippen LogP) is 17.9. The second-order valence-corrected chi connectivity index (χ2v) is 16.3. The van der Waals surface area contributed by atoms with E-state index in [4.69, 9.17) is 14.2 Å². The Morgan fingerprint density at radius 2 is 0.667 bits per heavy atom. The van der Waals surface area contributed by atoms with Crippen LogP contribution >= 0.6 is 0 Å². The van der Waals surface area contributed by atoms with Crippen LogP contribution in [0.3, 0.4) is 0 Å². The van der Waals surface area contributed by atoms with Crippen LogP contribution in [0.1, 0.15) is 188 Å². The highest BCUT2D eigenvalue weighted by molar-refractivity contribution is 5.70. The first kappa shape index (κ1) is 61.5. The maximum Gasteiger partial charge on any atom is 0.306 e. The summed E-state index contributed by atoms with van der Waals surface area (Å²) in [5.74, 6) is -0.549. The van der Waals surface area contributed by atoms with E-state index in [-0.39, 0.29) is 31.6 Å². The van der Waals surface area contributed by atoms with E-state index < -0.39 is 6.10 Å². The molecule has 0 spiro atoms. The summed E-state index contributed by atoms with van der Waals surface area (Å²) in [4.78, 5) is 25.4. The lowest BCUT2D eigenvalue weighted by atomic mass is 10.1. The van der Waals surface area contributed by atoms with Crippen LogP contribution in [0.2, 0.25) is 0 Å². The molecule has 0 aromatic carbocycles. The zero-order valence-corrected chi connectivity index (χ0v) is 42.1. The van der Waals surface area contributed by atoms with Gasteiger partial charge < -0.3 is 14.2 Å². The minimum absolute atomic E-state index is 0.0166. The molecule has 0 aromatic heterocycles. The number of esters is 2. The molecule has 0 aliphatic carbocycles. The number of hydrogen-bond acceptors (Lipinski definition) is 5. The van der Waals surface area contributed by atoms with E-state index in [1.165, 1.54) is 25.7 Å². The van der Waals surface area contributed by atoms with Crippen molar-refractivity contribution in [1.29, 1.82) is 0 Å². The number of ether oxygens (including phenoxy) is 3.